The predicted molar refractivity (Wildman–Crippen MR) is 87.3 cm³/mol. The number of hydrogen-bond acceptors (Lipinski definition) is 3. The van der Waals surface area contributed by atoms with Crippen molar-refractivity contribution >= 4 is 21.7 Å². The van der Waals surface area contributed by atoms with Gasteiger partial charge < -0.3 is 15.3 Å². The molecule has 4 heteroatoms. The molecule has 0 bridgehead atoms. The lowest BCUT2D eigenvalue weighted by Gasteiger charge is -2.43. The maximum atomic E-state index is 7.71. The van der Waals surface area contributed by atoms with E-state index in [2.05, 4.69) is 33.3 Å². The Bertz CT molecular complexity index is 476. The van der Waals surface area contributed by atoms with E-state index in [1.807, 2.05) is 18.2 Å². The molecule has 0 radical (unpaired) electrons. The molecule has 0 saturated carbocycles. The molecule has 0 saturated heterocycles. The first-order valence-corrected chi connectivity index (χ1v) is 8.74. The molecule has 19 heavy (non-hydrogen) atoms. The fourth-order valence-electron chi connectivity index (χ4n) is 1.45. The van der Waals surface area contributed by atoms with Gasteiger partial charge in [0.15, 0.2) is 0 Å². The summed E-state index contributed by atoms with van der Waals surface area (Å²) in [6.45, 7) is 8.85. The van der Waals surface area contributed by atoms with Crippen LogP contribution in [-0.4, -0.2) is 23.0 Å². The van der Waals surface area contributed by atoms with Gasteiger partial charge >= 0.3 is 0 Å². The molecule has 0 atom stereocenters. The van der Waals surface area contributed by atoms with E-state index in [9.17, 15) is 0 Å². The number of benzene rings is 1. The maximum Gasteiger partial charge on any atom is 0.0863 e. The second-order valence-corrected chi connectivity index (χ2v) is 10.0. The minimum Gasteiger partial charge on any atom is -0.398 e. The van der Waals surface area contributed by atoms with Crippen molar-refractivity contribution < 1.29 is 4.18 Å². The Morgan fingerprint density at radius 2 is 1.89 bits per heavy atom. The summed E-state index contributed by atoms with van der Waals surface area (Å²) in [4.78, 5) is 0. The van der Waals surface area contributed by atoms with Crippen molar-refractivity contribution in [1.82, 2.24) is 0 Å². The summed E-state index contributed by atoms with van der Waals surface area (Å²) in [5.41, 5.74) is 9.03. The minimum atomic E-state index is -1.16. The third-order valence-electron chi connectivity index (χ3n) is 3.58. The van der Waals surface area contributed by atoms with Crippen molar-refractivity contribution in [1.29, 1.82) is 5.41 Å². The van der Waals surface area contributed by atoms with Gasteiger partial charge in [0.05, 0.1) is 6.61 Å². The Balaban J connectivity index is 2.91. The zero-order valence-corrected chi connectivity index (χ0v) is 13.6. The zero-order valence-electron chi connectivity index (χ0n) is 12.8. The van der Waals surface area contributed by atoms with Crippen molar-refractivity contribution in [2.75, 3.05) is 18.2 Å². The van der Waals surface area contributed by atoms with E-state index in [1.54, 1.807) is 6.92 Å². The highest BCUT2D eigenvalue weighted by molar-refractivity contribution is 8.29. The van der Waals surface area contributed by atoms with Crippen LogP contribution in [0.3, 0.4) is 0 Å². The fraction of sp³-hybridized carbons (Fsp3) is 0.533. The lowest BCUT2D eigenvalue weighted by molar-refractivity contribution is 0.340. The van der Waals surface area contributed by atoms with Gasteiger partial charge in [0.2, 0.25) is 0 Å². The normalized spacial score (nSPS) is 13.4. The SMILES string of the molecule is CC(=N)c1cccc(COS(C)(C)C(C)(C)C)c1N. The molecule has 0 spiro atoms. The summed E-state index contributed by atoms with van der Waals surface area (Å²) in [6, 6.07) is 5.78. The topological polar surface area (TPSA) is 59.1 Å². The highest BCUT2D eigenvalue weighted by Gasteiger charge is 2.28. The van der Waals surface area contributed by atoms with E-state index in [-0.39, 0.29) is 4.75 Å². The molecule has 1 rings (SSSR count). The Kier molecular flexibility index (Phi) is 4.69. The molecule has 0 unspecified atom stereocenters. The Labute approximate surface area is 118 Å². The first-order chi connectivity index (χ1) is 8.56. The quantitative estimate of drug-likeness (QED) is 0.649. The van der Waals surface area contributed by atoms with Crippen LogP contribution >= 0.6 is 10.3 Å². The first kappa shape index (κ1) is 16.1. The molecule has 0 heterocycles. The second kappa shape index (κ2) is 5.55. The summed E-state index contributed by atoms with van der Waals surface area (Å²) in [5.74, 6) is 0. The van der Waals surface area contributed by atoms with Crippen molar-refractivity contribution in [3.8, 4) is 0 Å². The molecular weight excluding hydrogens is 256 g/mol. The fourth-order valence-corrected chi connectivity index (χ4v) is 2.23. The van der Waals surface area contributed by atoms with Gasteiger partial charge in [-0.1, -0.05) is 39.0 Å². The van der Waals surface area contributed by atoms with E-state index >= 15 is 0 Å². The number of rotatable bonds is 4. The van der Waals surface area contributed by atoms with Gasteiger partial charge in [0.25, 0.3) is 0 Å². The van der Waals surface area contributed by atoms with Crippen LogP contribution in [-0.2, 0) is 10.8 Å². The summed E-state index contributed by atoms with van der Waals surface area (Å²) in [6.07, 6.45) is 4.35. The number of nitrogens with one attached hydrogen (secondary N) is 1. The van der Waals surface area contributed by atoms with Gasteiger partial charge in [-0.25, -0.2) is 0 Å². The Morgan fingerprint density at radius 3 is 2.37 bits per heavy atom. The van der Waals surface area contributed by atoms with Crippen molar-refractivity contribution in [3.05, 3.63) is 29.3 Å². The standard InChI is InChI=1S/C15H26N2OS/c1-11(16)13-9-7-8-12(14(13)17)10-18-19(5,6)15(2,3)4/h7-9,16H,10,17H2,1-6H3. The lowest BCUT2D eigenvalue weighted by atomic mass is 10.0. The molecule has 0 aliphatic rings. The van der Waals surface area contributed by atoms with Gasteiger partial charge in [0, 0.05) is 27.3 Å². The third-order valence-corrected chi connectivity index (χ3v) is 7.24. The van der Waals surface area contributed by atoms with E-state index in [1.165, 1.54) is 0 Å². The molecule has 1 aromatic rings. The summed E-state index contributed by atoms with van der Waals surface area (Å²) >= 11 is 0. The number of nitrogen functional groups attached to an aromatic ring is 1. The molecule has 108 valence electrons. The van der Waals surface area contributed by atoms with Gasteiger partial charge in [-0.15, -0.1) is 10.3 Å². The molecule has 0 fully saturated rings. The van der Waals surface area contributed by atoms with Crippen molar-refractivity contribution in [2.45, 2.75) is 39.0 Å². The summed E-state index contributed by atoms with van der Waals surface area (Å²) < 4.78 is 6.26. The molecule has 0 aromatic heterocycles. The van der Waals surface area contributed by atoms with Crippen LogP contribution in [0.25, 0.3) is 0 Å². The Hall–Kier alpha value is -1.00. The van der Waals surface area contributed by atoms with E-state index in [0.717, 1.165) is 11.1 Å². The van der Waals surface area contributed by atoms with Crippen LogP contribution in [0.1, 0.15) is 38.8 Å². The number of hydrogen-bond donors (Lipinski definition) is 2. The lowest BCUT2D eigenvalue weighted by Crippen LogP contribution is -2.25. The largest absolute Gasteiger partial charge is 0.398 e. The molecular formula is C15H26N2OS. The van der Waals surface area contributed by atoms with Gasteiger partial charge in [-0.2, -0.15) is 0 Å². The minimum absolute atomic E-state index is 0.136. The molecule has 0 amide bonds. The van der Waals surface area contributed by atoms with Crippen LogP contribution in [0.15, 0.2) is 18.2 Å². The van der Waals surface area contributed by atoms with Crippen LogP contribution in [0.4, 0.5) is 5.69 Å². The van der Waals surface area contributed by atoms with Crippen molar-refractivity contribution in [3.63, 3.8) is 0 Å². The zero-order chi connectivity index (χ0) is 14.8. The highest BCUT2D eigenvalue weighted by Crippen LogP contribution is 2.54. The molecule has 1 aromatic carbocycles. The number of nitrogens with two attached hydrogens (primary N) is 1. The molecule has 3 N–H and O–H groups in total. The van der Waals surface area contributed by atoms with Gasteiger partial charge in [-0.05, 0) is 19.4 Å². The average molecular weight is 282 g/mol. The second-order valence-electron chi connectivity index (χ2n) is 6.11. The van der Waals surface area contributed by atoms with Crippen LogP contribution in [0.2, 0.25) is 0 Å². The number of para-hydroxylation sites is 1. The summed E-state index contributed by atoms with van der Waals surface area (Å²) in [5, 5.41) is 7.71. The van der Waals surface area contributed by atoms with Crippen LogP contribution in [0.5, 0.6) is 0 Å². The first-order valence-electron chi connectivity index (χ1n) is 6.36. The van der Waals surface area contributed by atoms with Gasteiger partial charge in [0.1, 0.15) is 0 Å². The molecule has 3 nitrogen and oxygen atoms in total. The highest BCUT2D eigenvalue weighted by atomic mass is 32.3. The molecule has 0 aliphatic heterocycles. The number of anilines is 1. The maximum absolute atomic E-state index is 7.71. The summed E-state index contributed by atoms with van der Waals surface area (Å²) in [7, 11) is -1.16. The van der Waals surface area contributed by atoms with Crippen LogP contribution < -0.4 is 5.73 Å². The third kappa shape index (κ3) is 3.74. The van der Waals surface area contributed by atoms with Crippen molar-refractivity contribution in [2.24, 2.45) is 0 Å². The van der Waals surface area contributed by atoms with E-state index in [4.69, 9.17) is 15.3 Å². The predicted octanol–water partition coefficient (Wildman–Crippen LogP) is 3.95. The average Bonchev–Trinajstić information content (AvgIpc) is 2.25. The van der Waals surface area contributed by atoms with E-state index in [0.29, 0.717) is 18.0 Å². The van der Waals surface area contributed by atoms with Gasteiger partial charge in [-0.3, -0.25) is 0 Å². The monoisotopic (exact) mass is 282 g/mol. The van der Waals surface area contributed by atoms with Crippen LogP contribution in [0, 0.1) is 5.41 Å². The smallest absolute Gasteiger partial charge is 0.0863 e. The van der Waals surface area contributed by atoms with E-state index < -0.39 is 10.3 Å². The Morgan fingerprint density at radius 1 is 1.32 bits per heavy atom. The molecule has 0 aliphatic carbocycles.